The van der Waals surface area contributed by atoms with Gasteiger partial charge in [-0.05, 0) is 51.1 Å². The van der Waals surface area contributed by atoms with Crippen molar-refractivity contribution in [2.24, 2.45) is 5.10 Å². The molecular weight excluding hydrogens is 415 g/mol. The average Bonchev–Trinajstić information content (AvgIpc) is 2.94. The third-order valence-corrected chi connectivity index (χ3v) is 5.01. The maximum atomic E-state index is 13.1. The Balaban J connectivity index is 1.62. The summed E-state index contributed by atoms with van der Waals surface area (Å²) in [5.41, 5.74) is 5.94. The highest BCUT2D eigenvalue weighted by molar-refractivity contribution is 7.99. The number of halogens is 2. The number of aromatic nitrogens is 4. The van der Waals surface area contributed by atoms with Crippen molar-refractivity contribution in [1.29, 1.82) is 0 Å². The first-order valence-corrected chi connectivity index (χ1v) is 9.98. The smallest absolute Gasteiger partial charge is 0.250 e. The standard InChI is InChI=1S/C19H18ClFN6OS/c1-11-8-12(2)24-19(23-11)29-10-17(28)25-22-9-16-13(3)26-27(18(16)20)15-6-4-14(21)5-7-15/h4-9H,10H2,1-3H3,(H,25,28)/b22-9+. The van der Waals surface area contributed by atoms with Crippen LogP contribution < -0.4 is 5.43 Å². The average molecular weight is 433 g/mol. The second-order valence-electron chi connectivity index (χ2n) is 6.19. The molecule has 3 aromatic rings. The number of amides is 1. The normalized spacial score (nSPS) is 11.2. The lowest BCUT2D eigenvalue weighted by atomic mass is 10.3. The summed E-state index contributed by atoms with van der Waals surface area (Å²) in [5.74, 6) is -0.516. The number of carbonyl (C=O) groups is 1. The number of hydrazone groups is 1. The minimum Gasteiger partial charge on any atom is -0.272 e. The van der Waals surface area contributed by atoms with Crippen molar-refractivity contribution < 1.29 is 9.18 Å². The van der Waals surface area contributed by atoms with E-state index in [2.05, 4.69) is 25.6 Å². The van der Waals surface area contributed by atoms with Crippen molar-refractivity contribution in [3.63, 3.8) is 0 Å². The van der Waals surface area contributed by atoms with Crippen LogP contribution in [0.4, 0.5) is 4.39 Å². The van der Waals surface area contributed by atoms with Crippen molar-refractivity contribution in [3.05, 3.63) is 63.9 Å². The second kappa shape index (κ2) is 9.15. The molecule has 2 heterocycles. The Labute approximate surface area is 176 Å². The van der Waals surface area contributed by atoms with Crippen LogP contribution >= 0.6 is 23.4 Å². The lowest BCUT2D eigenvalue weighted by Crippen LogP contribution is -2.20. The summed E-state index contributed by atoms with van der Waals surface area (Å²) in [7, 11) is 0. The number of carbonyl (C=O) groups excluding carboxylic acids is 1. The molecule has 1 aromatic carbocycles. The molecule has 1 N–H and O–H groups in total. The molecule has 0 saturated carbocycles. The summed E-state index contributed by atoms with van der Waals surface area (Å²) in [6, 6.07) is 7.67. The first kappa shape index (κ1) is 20.9. The first-order chi connectivity index (χ1) is 13.8. The molecule has 150 valence electrons. The Bertz CT molecular complexity index is 1050. The van der Waals surface area contributed by atoms with E-state index < -0.39 is 0 Å². The van der Waals surface area contributed by atoms with E-state index >= 15 is 0 Å². The van der Waals surface area contributed by atoms with Crippen molar-refractivity contribution in [2.75, 3.05) is 5.75 Å². The number of thioether (sulfide) groups is 1. The lowest BCUT2D eigenvalue weighted by Gasteiger charge is -2.03. The maximum absolute atomic E-state index is 13.1. The zero-order chi connectivity index (χ0) is 21.0. The molecular formula is C19H18ClFN6OS. The zero-order valence-corrected chi connectivity index (χ0v) is 17.6. The van der Waals surface area contributed by atoms with E-state index in [1.807, 2.05) is 19.9 Å². The van der Waals surface area contributed by atoms with Gasteiger partial charge in [0.2, 0.25) is 0 Å². The van der Waals surface area contributed by atoms with Gasteiger partial charge in [-0.1, -0.05) is 23.4 Å². The van der Waals surface area contributed by atoms with E-state index in [0.717, 1.165) is 11.4 Å². The Morgan fingerprint density at radius 1 is 1.24 bits per heavy atom. The number of nitrogens with one attached hydrogen (secondary N) is 1. The van der Waals surface area contributed by atoms with Gasteiger partial charge < -0.3 is 0 Å². The van der Waals surface area contributed by atoms with E-state index in [4.69, 9.17) is 11.6 Å². The number of hydrogen-bond donors (Lipinski definition) is 1. The molecule has 7 nitrogen and oxygen atoms in total. The quantitative estimate of drug-likeness (QED) is 0.278. The molecule has 0 atom stereocenters. The van der Waals surface area contributed by atoms with Gasteiger partial charge >= 0.3 is 0 Å². The Hall–Kier alpha value is -2.78. The topological polar surface area (TPSA) is 85.1 Å². The van der Waals surface area contributed by atoms with E-state index in [-0.39, 0.29) is 17.5 Å². The Morgan fingerprint density at radius 3 is 2.55 bits per heavy atom. The van der Waals surface area contributed by atoms with E-state index in [9.17, 15) is 9.18 Å². The van der Waals surface area contributed by atoms with Crippen molar-refractivity contribution in [1.82, 2.24) is 25.2 Å². The van der Waals surface area contributed by atoms with Gasteiger partial charge in [0.1, 0.15) is 11.0 Å². The lowest BCUT2D eigenvalue weighted by molar-refractivity contribution is -0.118. The molecule has 0 spiro atoms. The highest BCUT2D eigenvalue weighted by atomic mass is 35.5. The van der Waals surface area contributed by atoms with E-state index in [1.165, 1.54) is 34.8 Å². The second-order valence-corrected chi connectivity index (χ2v) is 7.49. The maximum Gasteiger partial charge on any atom is 0.250 e. The van der Waals surface area contributed by atoms with Gasteiger partial charge in [-0.25, -0.2) is 24.5 Å². The number of hydrogen-bond acceptors (Lipinski definition) is 6. The van der Waals surface area contributed by atoms with Crippen LogP contribution in [0.3, 0.4) is 0 Å². The largest absolute Gasteiger partial charge is 0.272 e. The van der Waals surface area contributed by atoms with Crippen molar-refractivity contribution in [3.8, 4) is 5.69 Å². The summed E-state index contributed by atoms with van der Waals surface area (Å²) < 4.78 is 14.6. The minimum absolute atomic E-state index is 0.127. The molecule has 10 heteroatoms. The van der Waals surface area contributed by atoms with Gasteiger partial charge in [-0.2, -0.15) is 10.2 Å². The first-order valence-electron chi connectivity index (χ1n) is 8.61. The van der Waals surface area contributed by atoms with Crippen LogP contribution in [0, 0.1) is 26.6 Å². The SMILES string of the molecule is Cc1cc(C)nc(SCC(=O)N/N=C/c2c(C)nn(-c3ccc(F)cc3)c2Cl)n1. The third-order valence-electron chi connectivity index (χ3n) is 3.80. The number of aryl methyl sites for hydroxylation is 3. The predicted molar refractivity (Wildman–Crippen MR) is 111 cm³/mol. The van der Waals surface area contributed by atoms with Crippen LogP contribution in [0.5, 0.6) is 0 Å². The molecule has 0 fully saturated rings. The molecule has 0 bridgehead atoms. The fraction of sp³-hybridized carbons (Fsp3) is 0.211. The van der Waals surface area contributed by atoms with Gasteiger partial charge in [-0.15, -0.1) is 0 Å². The molecule has 2 aromatic heterocycles. The Morgan fingerprint density at radius 2 is 1.90 bits per heavy atom. The van der Waals surface area contributed by atoms with Crippen LogP contribution in [0.2, 0.25) is 5.15 Å². The third kappa shape index (κ3) is 5.39. The van der Waals surface area contributed by atoms with Gasteiger partial charge in [0.15, 0.2) is 5.16 Å². The predicted octanol–water partition coefficient (Wildman–Crippen LogP) is 3.62. The summed E-state index contributed by atoms with van der Waals surface area (Å²) in [5, 5.41) is 9.15. The zero-order valence-electron chi connectivity index (χ0n) is 16.0. The van der Waals surface area contributed by atoms with Crippen LogP contribution in [0.1, 0.15) is 22.6 Å². The van der Waals surface area contributed by atoms with Gasteiger partial charge in [0, 0.05) is 11.4 Å². The minimum atomic E-state index is -0.345. The fourth-order valence-electron chi connectivity index (χ4n) is 2.50. The van der Waals surface area contributed by atoms with Gasteiger partial charge in [0.05, 0.1) is 28.9 Å². The van der Waals surface area contributed by atoms with Crippen LogP contribution in [-0.4, -0.2) is 37.6 Å². The molecule has 29 heavy (non-hydrogen) atoms. The molecule has 0 aliphatic rings. The molecule has 0 radical (unpaired) electrons. The number of rotatable bonds is 6. The summed E-state index contributed by atoms with van der Waals surface area (Å²) in [6.45, 7) is 5.52. The number of benzene rings is 1. The van der Waals surface area contributed by atoms with Crippen LogP contribution in [0.15, 0.2) is 40.6 Å². The monoisotopic (exact) mass is 432 g/mol. The molecule has 0 aliphatic carbocycles. The highest BCUT2D eigenvalue weighted by Crippen LogP contribution is 2.22. The molecule has 0 unspecified atom stereocenters. The van der Waals surface area contributed by atoms with Crippen molar-refractivity contribution in [2.45, 2.75) is 25.9 Å². The Kier molecular flexibility index (Phi) is 6.60. The van der Waals surface area contributed by atoms with E-state index in [0.29, 0.717) is 27.3 Å². The molecule has 0 saturated heterocycles. The van der Waals surface area contributed by atoms with Gasteiger partial charge in [0.25, 0.3) is 5.91 Å². The number of nitrogens with zero attached hydrogens (tertiary/aromatic N) is 5. The van der Waals surface area contributed by atoms with Crippen molar-refractivity contribution >= 4 is 35.5 Å². The molecule has 1 amide bonds. The fourth-order valence-corrected chi connectivity index (χ4v) is 3.56. The summed E-state index contributed by atoms with van der Waals surface area (Å²) in [6.07, 6.45) is 1.43. The summed E-state index contributed by atoms with van der Waals surface area (Å²) in [4.78, 5) is 20.6. The van der Waals surface area contributed by atoms with Crippen LogP contribution in [-0.2, 0) is 4.79 Å². The van der Waals surface area contributed by atoms with Gasteiger partial charge in [-0.3, -0.25) is 4.79 Å². The highest BCUT2D eigenvalue weighted by Gasteiger charge is 2.13. The molecule has 3 rings (SSSR count). The molecule has 0 aliphatic heterocycles. The van der Waals surface area contributed by atoms with Crippen LogP contribution in [0.25, 0.3) is 5.69 Å². The summed E-state index contributed by atoms with van der Waals surface area (Å²) >= 11 is 7.60. The van der Waals surface area contributed by atoms with E-state index in [1.54, 1.807) is 19.1 Å².